The molecule has 0 aliphatic carbocycles. The predicted molar refractivity (Wildman–Crippen MR) is 190 cm³/mol. The molecule has 0 fully saturated rings. The van der Waals surface area contributed by atoms with Gasteiger partial charge in [-0.05, 0) is 70.6 Å². The largest absolute Gasteiger partial charge is 0.379 e. The third-order valence-corrected chi connectivity index (χ3v) is 8.57. The van der Waals surface area contributed by atoms with E-state index < -0.39 is 0 Å². The van der Waals surface area contributed by atoms with E-state index in [2.05, 4.69) is 45.1 Å². The summed E-state index contributed by atoms with van der Waals surface area (Å²) >= 11 is 0. The van der Waals surface area contributed by atoms with Crippen molar-refractivity contribution in [2.45, 2.75) is 213 Å². The zero-order valence-electron chi connectivity index (χ0n) is 29.3. The van der Waals surface area contributed by atoms with Gasteiger partial charge in [-0.25, -0.2) is 0 Å². The second kappa shape index (κ2) is 38.4. The van der Waals surface area contributed by atoms with Crippen molar-refractivity contribution in [3.8, 4) is 0 Å². The standard InChI is InChI=1S/C40H78O2/c1-4-7-9-11-13-15-17-19-21-23-25-27-29-31-33-35-37-41-39-40(6-3)42-38-36-34-32-30-28-26-24-22-20-18-16-14-12-10-8-5-2/h19-22,40H,4-18,23-39H2,1-3H3/b21-19-,22-20-. The summed E-state index contributed by atoms with van der Waals surface area (Å²) in [6.45, 7) is 9.37. The van der Waals surface area contributed by atoms with E-state index in [0.29, 0.717) is 0 Å². The number of hydrogen-bond acceptors (Lipinski definition) is 2. The fourth-order valence-electron chi connectivity index (χ4n) is 5.55. The zero-order chi connectivity index (χ0) is 30.4. The van der Waals surface area contributed by atoms with Crippen LogP contribution >= 0.6 is 0 Å². The number of allylic oxidation sites excluding steroid dienone is 4. The maximum atomic E-state index is 6.10. The van der Waals surface area contributed by atoms with Gasteiger partial charge in [-0.3, -0.25) is 0 Å². The molecule has 0 saturated heterocycles. The normalized spacial score (nSPS) is 12.7. The lowest BCUT2D eigenvalue weighted by Gasteiger charge is -2.16. The van der Waals surface area contributed by atoms with Crippen molar-refractivity contribution in [2.75, 3.05) is 19.8 Å². The zero-order valence-corrected chi connectivity index (χ0v) is 29.3. The van der Waals surface area contributed by atoms with Crippen LogP contribution in [0.2, 0.25) is 0 Å². The van der Waals surface area contributed by atoms with Crippen LogP contribution in [0.15, 0.2) is 24.3 Å². The van der Waals surface area contributed by atoms with Crippen molar-refractivity contribution < 1.29 is 9.47 Å². The quantitative estimate of drug-likeness (QED) is 0.0533. The van der Waals surface area contributed by atoms with E-state index in [0.717, 1.165) is 26.2 Å². The first-order valence-electron chi connectivity index (χ1n) is 19.3. The van der Waals surface area contributed by atoms with Gasteiger partial charge in [0.15, 0.2) is 0 Å². The molecule has 0 aliphatic heterocycles. The number of unbranched alkanes of at least 4 members (excludes halogenated alkanes) is 24. The maximum absolute atomic E-state index is 6.10. The first-order chi connectivity index (χ1) is 20.8. The summed E-state index contributed by atoms with van der Waals surface area (Å²) < 4.78 is 12.1. The highest BCUT2D eigenvalue weighted by atomic mass is 16.5. The monoisotopic (exact) mass is 591 g/mol. The van der Waals surface area contributed by atoms with Crippen LogP contribution < -0.4 is 0 Å². The van der Waals surface area contributed by atoms with E-state index in [9.17, 15) is 0 Å². The summed E-state index contributed by atoms with van der Waals surface area (Å²) in [7, 11) is 0. The van der Waals surface area contributed by atoms with Crippen molar-refractivity contribution in [2.24, 2.45) is 0 Å². The van der Waals surface area contributed by atoms with Crippen molar-refractivity contribution in [1.82, 2.24) is 0 Å². The Balaban J connectivity index is 3.32. The van der Waals surface area contributed by atoms with Gasteiger partial charge in [0.05, 0.1) is 12.7 Å². The number of ether oxygens (including phenoxy) is 2. The summed E-state index contributed by atoms with van der Waals surface area (Å²) in [5.74, 6) is 0. The summed E-state index contributed by atoms with van der Waals surface area (Å²) in [4.78, 5) is 0. The molecule has 1 unspecified atom stereocenters. The number of rotatable bonds is 36. The minimum absolute atomic E-state index is 0.280. The fraction of sp³-hybridized carbons (Fsp3) is 0.900. The van der Waals surface area contributed by atoms with Crippen LogP contribution in [-0.2, 0) is 9.47 Å². The van der Waals surface area contributed by atoms with E-state index >= 15 is 0 Å². The smallest absolute Gasteiger partial charge is 0.0805 e. The summed E-state index contributed by atoms with van der Waals surface area (Å²) in [6, 6.07) is 0. The van der Waals surface area contributed by atoms with Crippen molar-refractivity contribution in [3.63, 3.8) is 0 Å². The Morgan fingerprint density at radius 3 is 1.10 bits per heavy atom. The Morgan fingerprint density at radius 2 is 0.714 bits per heavy atom. The minimum atomic E-state index is 0.280. The summed E-state index contributed by atoms with van der Waals surface area (Å²) in [5.41, 5.74) is 0. The average molecular weight is 591 g/mol. The SMILES string of the molecule is CCCCCCCC/C=C\CCCCCCCCOCC(CC)OCCCCCCCC/C=C\CCCCCCCC. The van der Waals surface area contributed by atoms with Gasteiger partial charge >= 0.3 is 0 Å². The second-order valence-electron chi connectivity index (χ2n) is 12.9. The van der Waals surface area contributed by atoms with Gasteiger partial charge in [-0.15, -0.1) is 0 Å². The van der Waals surface area contributed by atoms with Crippen LogP contribution in [0.4, 0.5) is 0 Å². The molecular formula is C40H78O2. The molecule has 0 aromatic rings. The molecule has 0 saturated carbocycles. The van der Waals surface area contributed by atoms with Crippen LogP contribution in [-0.4, -0.2) is 25.9 Å². The van der Waals surface area contributed by atoms with Gasteiger partial charge in [0.25, 0.3) is 0 Å². The Hall–Kier alpha value is -0.600. The molecular weight excluding hydrogens is 512 g/mol. The Morgan fingerprint density at radius 1 is 0.381 bits per heavy atom. The summed E-state index contributed by atoms with van der Waals surface area (Å²) in [5, 5.41) is 0. The van der Waals surface area contributed by atoms with Gasteiger partial charge in [0, 0.05) is 13.2 Å². The van der Waals surface area contributed by atoms with Crippen LogP contribution in [0.1, 0.15) is 207 Å². The lowest BCUT2D eigenvalue weighted by molar-refractivity contribution is -0.0200. The predicted octanol–water partition coefficient (Wildman–Crippen LogP) is 13.9. The molecule has 250 valence electrons. The molecule has 0 heterocycles. The topological polar surface area (TPSA) is 18.5 Å². The van der Waals surface area contributed by atoms with E-state index in [1.165, 1.54) is 180 Å². The van der Waals surface area contributed by atoms with E-state index in [1.807, 2.05) is 0 Å². The second-order valence-corrected chi connectivity index (χ2v) is 12.9. The molecule has 0 amide bonds. The molecule has 0 aliphatic rings. The molecule has 0 aromatic heterocycles. The average Bonchev–Trinajstić information content (AvgIpc) is 3.00. The molecule has 2 nitrogen and oxygen atoms in total. The fourth-order valence-corrected chi connectivity index (χ4v) is 5.55. The Bertz CT molecular complexity index is 526. The van der Waals surface area contributed by atoms with Crippen LogP contribution in [0.3, 0.4) is 0 Å². The highest BCUT2D eigenvalue weighted by molar-refractivity contribution is 4.82. The first-order valence-corrected chi connectivity index (χ1v) is 19.3. The van der Waals surface area contributed by atoms with E-state index in [1.54, 1.807) is 0 Å². The third-order valence-electron chi connectivity index (χ3n) is 8.57. The van der Waals surface area contributed by atoms with Crippen LogP contribution in [0.25, 0.3) is 0 Å². The van der Waals surface area contributed by atoms with Gasteiger partial charge < -0.3 is 9.47 Å². The molecule has 0 bridgehead atoms. The molecule has 0 rings (SSSR count). The Kier molecular flexibility index (Phi) is 37.9. The van der Waals surface area contributed by atoms with Gasteiger partial charge in [0.1, 0.15) is 0 Å². The molecule has 42 heavy (non-hydrogen) atoms. The highest BCUT2D eigenvalue weighted by Gasteiger charge is 2.06. The highest BCUT2D eigenvalue weighted by Crippen LogP contribution is 2.12. The molecule has 0 N–H and O–H groups in total. The van der Waals surface area contributed by atoms with Crippen molar-refractivity contribution in [3.05, 3.63) is 24.3 Å². The third kappa shape index (κ3) is 35.6. The lowest BCUT2D eigenvalue weighted by atomic mass is 10.1. The lowest BCUT2D eigenvalue weighted by Crippen LogP contribution is -2.20. The Labute approximate surface area is 266 Å². The molecule has 0 spiro atoms. The molecule has 2 heteroatoms. The van der Waals surface area contributed by atoms with E-state index in [-0.39, 0.29) is 6.10 Å². The van der Waals surface area contributed by atoms with Gasteiger partial charge in [0.2, 0.25) is 0 Å². The molecule has 1 atom stereocenters. The van der Waals surface area contributed by atoms with Crippen molar-refractivity contribution >= 4 is 0 Å². The van der Waals surface area contributed by atoms with Crippen LogP contribution in [0.5, 0.6) is 0 Å². The maximum Gasteiger partial charge on any atom is 0.0805 e. The van der Waals surface area contributed by atoms with Gasteiger partial charge in [-0.2, -0.15) is 0 Å². The summed E-state index contributed by atoms with van der Waals surface area (Å²) in [6.07, 6.45) is 48.9. The number of hydrogen-bond donors (Lipinski definition) is 0. The first kappa shape index (κ1) is 41.4. The van der Waals surface area contributed by atoms with Gasteiger partial charge in [-0.1, -0.05) is 161 Å². The molecule has 0 radical (unpaired) electrons. The van der Waals surface area contributed by atoms with Crippen LogP contribution in [0, 0.1) is 0 Å². The van der Waals surface area contributed by atoms with Crippen molar-refractivity contribution in [1.29, 1.82) is 0 Å². The minimum Gasteiger partial charge on any atom is -0.379 e. The van der Waals surface area contributed by atoms with E-state index in [4.69, 9.17) is 9.47 Å². The molecule has 0 aromatic carbocycles.